The fourth-order valence-corrected chi connectivity index (χ4v) is 2.73. The quantitative estimate of drug-likeness (QED) is 0.661. The molecule has 0 atom stereocenters. The van der Waals surface area contributed by atoms with Crippen LogP contribution in [0.2, 0.25) is 0 Å². The maximum Gasteiger partial charge on any atom is 0.338 e. The smallest absolute Gasteiger partial charge is 0.338 e. The minimum Gasteiger partial charge on any atom is -0.478 e. The van der Waals surface area contributed by atoms with E-state index >= 15 is 0 Å². The Kier molecular flexibility index (Phi) is 4.89. The SMILES string of the molecule is CCCCCCc1ccc(-c2cn3cc(C(=O)O)cnc3n2)cc1. The van der Waals surface area contributed by atoms with Crippen LogP contribution in [0.3, 0.4) is 0 Å². The molecule has 0 bridgehead atoms. The van der Waals surface area contributed by atoms with Gasteiger partial charge in [0.15, 0.2) is 0 Å². The van der Waals surface area contributed by atoms with E-state index in [4.69, 9.17) is 5.11 Å². The Balaban J connectivity index is 1.76. The van der Waals surface area contributed by atoms with Gasteiger partial charge in [-0.2, -0.15) is 0 Å². The molecule has 3 aromatic rings. The largest absolute Gasteiger partial charge is 0.478 e. The number of aromatic nitrogens is 3. The molecule has 0 aliphatic heterocycles. The standard InChI is InChI=1S/C19H21N3O2/c1-2-3-4-5-6-14-7-9-15(10-8-14)17-13-22-12-16(18(23)24)11-20-19(22)21-17/h7-13H,2-6H2,1H3,(H,23,24). The summed E-state index contributed by atoms with van der Waals surface area (Å²) in [6.45, 7) is 2.22. The van der Waals surface area contributed by atoms with E-state index in [1.165, 1.54) is 43.6 Å². The zero-order valence-corrected chi connectivity index (χ0v) is 13.8. The summed E-state index contributed by atoms with van der Waals surface area (Å²) >= 11 is 0. The van der Waals surface area contributed by atoms with E-state index in [0.29, 0.717) is 5.78 Å². The van der Waals surface area contributed by atoms with Gasteiger partial charge in [0.25, 0.3) is 0 Å². The number of aryl methyl sites for hydroxylation is 1. The van der Waals surface area contributed by atoms with Crippen molar-refractivity contribution in [3.63, 3.8) is 0 Å². The average Bonchev–Trinajstić information content (AvgIpc) is 3.02. The number of unbranched alkanes of at least 4 members (excludes halogenated alkanes) is 3. The van der Waals surface area contributed by atoms with E-state index < -0.39 is 5.97 Å². The number of nitrogens with zero attached hydrogens (tertiary/aromatic N) is 3. The monoisotopic (exact) mass is 323 g/mol. The highest BCUT2D eigenvalue weighted by Gasteiger charge is 2.09. The first-order chi connectivity index (χ1) is 11.7. The van der Waals surface area contributed by atoms with Crippen LogP contribution in [0.25, 0.3) is 17.0 Å². The fourth-order valence-electron chi connectivity index (χ4n) is 2.73. The van der Waals surface area contributed by atoms with E-state index in [-0.39, 0.29) is 5.56 Å². The van der Waals surface area contributed by atoms with E-state index in [1.807, 2.05) is 6.20 Å². The number of hydrogen-bond acceptors (Lipinski definition) is 3. The molecule has 3 rings (SSSR count). The first kappa shape index (κ1) is 16.2. The van der Waals surface area contributed by atoms with Gasteiger partial charge < -0.3 is 5.11 Å². The van der Waals surface area contributed by atoms with Crippen LogP contribution in [0.15, 0.2) is 42.9 Å². The zero-order chi connectivity index (χ0) is 16.9. The van der Waals surface area contributed by atoms with Crippen molar-refractivity contribution >= 4 is 11.7 Å². The molecule has 24 heavy (non-hydrogen) atoms. The van der Waals surface area contributed by atoms with E-state index in [1.54, 1.807) is 4.40 Å². The van der Waals surface area contributed by atoms with Crippen molar-refractivity contribution in [1.82, 2.24) is 14.4 Å². The molecule has 0 spiro atoms. The number of fused-ring (bicyclic) bond motifs is 1. The van der Waals surface area contributed by atoms with Crippen LogP contribution in [0.1, 0.15) is 48.5 Å². The lowest BCUT2D eigenvalue weighted by molar-refractivity contribution is 0.0696. The molecule has 0 aliphatic rings. The van der Waals surface area contributed by atoms with Crippen LogP contribution in [-0.2, 0) is 6.42 Å². The predicted molar refractivity (Wildman–Crippen MR) is 93.2 cm³/mol. The number of hydrogen-bond donors (Lipinski definition) is 1. The number of carboxylic acids is 1. The molecule has 1 N–H and O–H groups in total. The molecule has 5 heteroatoms. The third-order valence-corrected chi connectivity index (χ3v) is 4.13. The molecule has 2 aromatic heterocycles. The second kappa shape index (κ2) is 7.25. The molecule has 0 saturated carbocycles. The molecule has 2 heterocycles. The molecule has 124 valence electrons. The van der Waals surface area contributed by atoms with E-state index in [0.717, 1.165) is 17.7 Å². The molecule has 0 saturated heterocycles. The van der Waals surface area contributed by atoms with Gasteiger partial charge in [-0.15, -0.1) is 0 Å². The van der Waals surface area contributed by atoms with E-state index in [9.17, 15) is 4.79 Å². The van der Waals surface area contributed by atoms with Gasteiger partial charge in [0, 0.05) is 24.2 Å². The molecule has 0 unspecified atom stereocenters. The molecule has 0 radical (unpaired) electrons. The average molecular weight is 323 g/mol. The van der Waals surface area contributed by atoms with Crippen LogP contribution in [-0.4, -0.2) is 25.4 Å². The lowest BCUT2D eigenvalue weighted by atomic mass is 10.0. The summed E-state index contributed by atoms with van der Waals surface area (Å²) in [7, 11) is 0. The molecule has 0 fully saturated rings. The Morgan fingerprint density at radius 3 is 2.62 bits per heavy atom. The van der Waals surface area contributed by atoms with Crippen LogP contribution < -0.4 is 0 Å². The number of rotatable bonds is 7. The highest BCUT2D eigenvalue weighted by atomic mass is 16.4. The first-order valence-corrected chi connectivity index (χ1v) is 8.34. The number of aromatic carboxylic acids is 1. The fraction of sp³-hybridized carbons (Fsp3) is 0.316. The van der Waals surface area contributed by atoms with E-state index in [2.05, 4.69) is 41.2 Å². The topological polar surface area (TPSA) is 67.5 Å². The summed E-state index contributed by atoms with van der Waals surface area (Å²) in [6, 6.07) is 8.41. The number of imidazole rings is 1. The maximum atomic E-state index is 11.0. The van der Waals surface area contributed by atoms with Gasteiger partial charge in [-0.05, 0) is 18.4 Å². The first-order valence-electron chi connectivity index (χ1n) is 8.34. The Bertz CT molecular complexity index is 837. The summed E-state index contributed by atoms with van der Waals surface area (Å²) in [5.41, 5.74) is 3.29. The molecular weight excluding hydrogens is 302 g/mol. The Hall–Kier alpha value is -2.69. The normalized spacial score (nSPS) is 11.0. The number of benzene rings is 1. The lowest BCUT2D eigenvalue weighted by Crippen LogP contribution is -1.99. The van der Waals surface area contributed by atoms with Crippen molar-refractivity contribution in [3.05, 3.63) is 54.0 Å². The summed E-state index contributed by atoms with van der Waals surface area (Å²) in [6.07, 6.45) is 10.8. The highest BCUT2D eigenvalue weighted by molar-refractivity contribution is 5.87. The molecule has 5 nitrogen and oxygen atoms in total. The van der Waals surface area contributed by atoms with Gasteiger partial charge in [-0.3, -0.25) is 4.40 Å². The van der Waals surface area contributed by atoms with Gasteiger partial charge >= 0.3 is 5.97 Å². The van der Waals surface area contributed by atoms with Gasteiger partial charge in [0.05, 0.1) is 11.3 Å². The third kappa shape index (κ3) is 3.62. The van der Waals surface area contributed by atoms with Gasteiger partial charge in [-0.25, -0.2) is 14.8 Å². The highest BCUT2D eigenvalue weighted by Crippen LogP contribution is 2.20. The minimum atomic E-state index is -0.993. The lowest BCUT2D eigenvalue weighted by Gasteiger charge is -2.02. The summed E-state index contributed by atoms with van der Waals surface area (Å²) < 4.78 is 1.65. The van der Waals surface area contributed by atoms with Crippen molar-refractivity contribution in [2.45, 2.75) is 39.0 Å². The Labute approximate surface area is 141 Å². The van der Waals surface area contributed by atoms with Crippen molar-refractivity contribution in [2.24, 2.45) is 0 Å². The second-order valence-electron chi connectivity index (χ2n) is 5.99. The number of carbonyl (C=O) groups is 1. The van der Waals surface area contributed by atoms with Crippen LogP contribution >= 0.6 is 0 Å². The number of carboxylic acid groups (broad SMARTS) is 1. The maximum absolute atomic E-state index is 11.0. The second-order valence-corrected chi connectivity index (χ2v) is 5.99. The van der Waals surface area contributed by atoms with Crippen LogP contribution in [0.4, 0.5) is 0 Å². The van der Waals surface area contributed by atoms with Gasteiger partial charge in [0.1, 0.15) is 0 Å². The predicted octanol–water partition coefficient (Wildman–Crippen LogP) is 4.22. The summed E-state index contributed by atoms with van der Waals surface area (Å²) in [4.78, 5) is 19.6. The Morgan fingerprint density at radius 2 is 1.92 bits per heavy atom. The van der Waals surface area contributed by atoms with Crippen molar-refractivity contribution in [2.75, 3.05) is 0 Å². The van der Waals surface area contributed by atoms with Crippen molar-refractivity contribution < 1.29 is 9.90 Å². The molecular formula is C19H21N3O2. The molecule has 0 amide bonds. The summed E-state index contributed by atoms with van der Waals surface area (Å²) in [5.74, 6) is -0.495. The molecule has 0 aliphatic carbocycles. The van der Waals surface area contributed by atoms with Gasteiger partial charge in [0.2, 0.25) is 5.78 Å². The molecule has 1 aromatic carbocycles. The minimum absolute atomic E-state index is 0.147. The Morgan fingerprint density at radius 1 is 1.12 bits per heavy atom. The third-order valence-electron chi connectivity index (χ3n) is 4.13. The van der Waals surface area contributed by atoms with Crippen molar-refractivity contribution in [1.29, 1.82) is 0 Å². The van der Waals surface area contributed by atoms with Crippen LogP contribution in [0.5, 0.6) is 0 Å². The summed E-state index contributed by atoms with van der Waals surface area (Å²) in [5, 5.41) is 9.03. The zero-order valence-electron chi connectivity index (χ0n) is 13.8. The van der Waals surface area contributed by atoms with Gasteiger partial charge in [-0.1, -0.05) is 50.5 Å². The van der Waals surface area contributed by atoms with Crippen LogP contribution in [0, 0.1) is 0 Å². The van der Waals surface area contributed by atoms with Crippen molar-refractivity contribution in [3.8, 4) is 11.3 Å².